The number of aromatic nitrogens is 1. The molecule has 2 aromatic rings. The van der Waals surface area contributed by atoms with Crippen LogP contribution in [0.1, 0.15) is 35.4 Å². The number of hydrogen-bond donors (Lipinski definition) is 0. The highest BCUT2D eigenvalue weighted by Gasteiger charge is 2.13. The van der Waals surface area contributed by atoms with Gasteiger partial charge < -0.3 is 4.74 Å². The molecular formula is C15H14ClNO2. The van der Waals surface area contributed by atoms with Crippen LogP contribution in [0.2, 0.25) is 5.02 Å². The minimum absolute atomic E-state index is 0.108. The Labute approximate surface area is 117 Å². The highest BCUT2D eigenvalue weighted by Crippen LogP contribution is 2.28. The summed E-state index contributed by atoms with van der Waals surface area (Å²) in [6, 6.07) is 8.84. The molecule has 0 aliphatic heterocycles. The molecule has 1 atom stereocenters. The number of nitrogens with zero attached hydrogens (tertiary/aromatic N) is 1. The van der Waals surface area contributed by atoms with E-state index in [0.717, 1.165) is 18.3 Å². The van der Waals surface area contributed by atoms with Gasteiger partial charge in [0.1, 0.15) is 11.9 Å². The van der Waals surface area contributed by atoms with Gasteiger partial charge >= 0.3 is 0 Å². The fourth-order valence-corrected chi connectivity index (χ4v) is 2.02. The van der Waals surface area contributed by atoms with Crippen molar-refractivity contribution in [3.63, 3.8) is 0 Å². The number of halogens is 1. The summed E-state index contributed by atoms with van der Waals surface area (Å²) in [6.45, 7) is 2.03. The van der Waals surface area contributed by atoms with Crippen molar-refractivity contribution in [2.45, 2.75) is 19.4 Å². The Morgan fingerprint density at radius 1 is 1.32 bits per heavy atom. The van der Waals surface area contributed by atoms with Crippen LogP contribution in [0.15, 0.2) is 42.7 Å². The van der Waals surface area contributed by atoms with Crippen LogP contribution in [-0.2, 0) is 0 Å². The number of hydrogen-bond acceptors (Lipinski definition) is 3. The molecule has 4 heteroatoms. The summed E-state index contributed by atoms with van der Waals surface area (Å²) in [5.41, 5.74) is 1.49. The van der Waals surface area contributed by atoms with Crippen molar-refractivity contribution in [1.82, 2.24) is 4.98 Å². The van der Waals surface area contributed by atoms with E-state index in [9.17, 15) is 4.79 Å². The van der Waals surface area contributed by atoms with Crippen LogP contribution in [0.3, 0.4) is 0 Å². The Morgan fingerprint density at radius 2 is 2.05 bits per heavy atom. The normalized spacial score (nSPS) is 11.9. The third-order valence-electron chi connectivity index (χ3n) is 2.82. The molecule has 0 aliphatic rings. The summed E-state index contributed by atoms with van der Waals surface area (Å²) >= 11 is 5.86. The maximum atomic E-state index is 11.0. The summed E-state index contributed by atoms with van der Waals surface area (Å²) in [5.74, 6) is 0.545. The van der Waals surface area contributed by atoms with E-state index in [1.165, 1.54) is 0 Å². The molecule has 0 aliphatic carbocycles. The van der Waals surface area contributed by atoms with Crippen LogP contribution in [-0.4, -0.2) is 11.3 Å². The first kappa shape index (κ1) is 13.6. The van der Waals surface area contributed by atoms with Crippen molar-refractivity contribution < 1.29 is 9.53 Å². The second kappa shape index (κ2) is 6.34. The van der Waals surface area contributed by atoms with Crippen LogP contribution in [0.4, 0.5) is 0 Å². The Balaban J connectivity index is 2.26. The van der Waals surface area contributed by atoms with Gasteiger partial charge in [0.05, 0.1) is 5.56 Å². The van der Waals surface area contributed by atoms with E-state index < -0.39 is 0 Å². The first-order chi connectivity index (χ1) is 9.24. The van der Waals surface area contributed by atoms with Gasteiger partial charge in [0.25, 0.3) is 0 Å². The van der Waals surface area contributed by atoms with Crippen molar-refractivity contribution >= 4 is 17.9 Å². The summed E-state index contributed by atoms with van der Waals surface area (Å²) in [4.78, 5) is 15.0. The fourth-order valence-electron chi connectivity index (χ4n) is 1.84. The second-order valence-corrected chi connectivity index (χ2v) is 4.53. The molecule has 0 amide bonds. The number of aldehydes is 1. The van der Waals surface area contributed by atoms with Crippen molar-refractivity contribution in [3.05, 3.63) is 58.9 Å². The maximum absolute atomic E-state index is 11.0. The number of rotatable bonds is 5. The van der Waals surface area contributed by atoms with Crippen molar-refractivity contribution in [2.24, 2.45) is 0 Å². The lowest BCUT2D eigenvalue weighted by atomic mass is 10.1. The van der Waals surface area contributed by atoms with Gasteiger partial charge in [-0.15, -0.1) is 0 Å². The molecule has 0 saturated carbocycles. The lowest BCUT2D eigenvalue weighted by molar-refractivity contribution is 0.111. The van der Waals surface area contributed by atoms with Crippen molar-refractivity contribution in [2.75, 3.05) is 0 Å². The molecule has 3 nitrogen and oxygen atoms in total. The predicted molar refractivity (Wildman–Crippen MR) is 74.7 cm³/mol. The number of carbonyl (C=O) groups is 1. The molecule has 98 valence electrons. The number of carbonyl (C=O) groups excluding carboxylic acids is 1. The largest absolute Gasteiger partial charge is 0.485 e. The summed E-state index contributed by atoms with van der Waals surface area (Å²) in [5, 5.41) is 0.520. The molecule has 0 bridgehead atoms. The monoisotopic (exact) mass is 275 g/mol. The predicted octanol–water partition coefficient (Wildman–Crippen LogP) is 4.08. The average molecular weight is 276 g/mol. The van der Waals surface area contributed by atoms with Crippen LogP contribution in [0, 0.1) is 0 Å². The van der Waals surface area contributed by atoms with E-state index >= 15 is 0 Å². The van der Waals surface area contributed by atoms with E-state index in [-0.39, 0.29) is 6.10 Å². The number of ether oxygens (including phenoxy) is 1. The van der Waals surface area contributed by atoms with Gasteiger partial charge in [-0.1, -0.05) is 18.5 Å². The zero-order valence-electron chi connectivity index (χ0n) is 10.5. The van der Waals surface area contributed by atoms with Gasteiger partial charge in [0.15, 0.2) is 6.29 Å². The van der Waals surface area contributed by atoms with E-state index in [4.69, 9.17) is 16.3 Å². The van der Waals surface area contributed by atoms with Gasteiger partial charge in [-0.25, -0.2) is 0 Å². The molecular weight excluding hydrogens is 262 g/mol. The highest BCUT2D eigenvalue weighted by molar-refractivity contribution is 6.30. The topological polar surface area (TPSA) is 39.2 Å². The summed E-state index contributed by atoms with van der Waals surface area (Å²) in [6.07, 6.45) is 4.89. The van der Waals surface area contributed by atoms with E-state index in [2.05, 4.69) is 4.98 Å². The fraction of sp³-hybridized carbons (Fsp3) is 0.200. The first-order valence-electron chi connectivity index (χ1n) is 6.06. The molecule has 1 heterocycles. The smallest absolute Gasteiger partial charge is 0.153 e. The van der Waals surface area contributed by atoms with E-state index in [1.807, 2.05) is 19.1 Å². The Kier molecular flexibility index (Phi) is 4.53. The summed E-state index contributed by atoms with van der Waals surface area (Å²) < 4.78 is 5.91. The molecule has 2 rings (SSSR count). The zero-order valence-corrected chi connectivity index (χ0v) is 11.3. The molecule has 1 unspecified atom stereocenters. The molecule has 1 aromatic heterocycles. The molecule has 0 N–H and O–H groups in total. The van der Waals surface area contributed by atoms with E-state index in [0.29, 0.717) is 16.3 Å². The quantitative estimate of drug-likeness (QED) is 0.772. The van der Waals surface area contributed by atoms with Gasteiger partial charge in [-0.2, -0.15) is 0 Å². The lowest BCUT2D eigenvalue weighted by Gasteiger charge is -2.19. The first-order valence-corrected chi connectivity index (χ1v) is 6.43. The Hall–Kier alpha value is -1.87. The number of pyridine rings is 1. The van der Waals surface area contributed by atoms with Crippen LogP contribution in [0.25, 0.3) is 0 Å². The van der Waals surface area contributed by atoms with Crippen molar-refractivity contribution in [1.29, 1.82) is 0 Å². The lowest BCUT2D eigenvalue weighted by Crippen LogP contribution is -2.07. The molecule has 0 spiro atoms. The molecule has 1 aromatic carbocycles. The Morgan fingerprint density at radius 3 is 2.68 bits per heavy atom. The minimum Gasteiger partial charge on any atom is -0.485 e. The molecule has 19 heavy (non-hydrogen) atoms. The third-order valence-corrected chi connectivity index (χ3v) is 3.05. The van der Waals surface area contributed by atoms with Crippen LogP contribution >= 0.6 is 11.6 Å². The van der Waals surface area contributed by atoms with Gasteiger partial charge in [0.2, 0.25) is 0 Å². The minimum atomic E-state index is -0.108. The maximum Gasteiger partial charge on any atom is 0.153 e. The Bertz CT molecular complexity index is 557. The average Bonchev–Trinajstić information content (AvgIpc) is 2.46. The van der Waals surface area contributed by atoms with Gasteiger partial charge in [-0.3, -0.25) is 9.78 Å². The second-order valence-electron chi connectivity index (χ2n) is 4.10. The highest BCUT2D eigenvalue weighted by atomic mass is 35.5. The molecule has 0 saturated heterocycles. The standard InChI is InChI=1S/C15H14ClNO2/c1-2-14(11-5-7-17-8-6-11)19-15-4-3-13(16)9-12(15)10-18/h3-10,14H,2H2,1H3. The SMILES string of the molecule is CCC(Oc1ccc(Cl)cc1C=O)c1ccncc1. The van der Waals surface area contributed by atoms with Crippen molar-refractivity contribution in [3.8, 4) is 5.75 Å². The van der Waals surface area contributed by atoms with Crippen LogP contribution < -0.4 is 4.74 Å². The zero-order chi connectivity index (χ0) is 13.7. The van der Waals surface area contributed by atoms with Gasteiger partial charge in [-0.05, 0) is 42.3 Å². The molecule has 0 radical (unpaired) electrons. The van der Waals surface area contributed by atoms with Crippen LogP contribution in [0.5, 0.6) is 5.75 Å². The van der Waals surface area contributed by atoms with Gasteiger partial charge in [0, 0.05) is 17.4 Å². The molecule has 0 fully saturated rings. The summed E-state index contributed by atoms with van der Waals surface area (Å²) in [7, 11) is 0. The third kappa shape index (κ3) is 3.32. The number of benzene rings is 1. The van der Waals surface area contributed by atoms with E-state index in [1.54, 1.807) is 30.6 Å².